The van der Waals surface area contributed by atoms with Crippen LogP contribution in [0.15, 0.2) is 67.1 Å². The minimum atomic E-state index is -0.823. The number of rotatable bonds is 4. The van der Waals surface area contributed by atoms with Gasteiger partial charge in [0.1, 0.15) is 12.0 Å². The molecule has 4 aromatic rings. The largest absolute Gasteiger partial charge is 0.368 e. The number of nitrogens with zero attached hydrogens (tertiary/aromatic N) is 5. The summed E-state index contributed by atoms with van der Waals surface area (Å²) < 4.78 is 32.5. The first-order chi connectivity index (χ1) is 16.5. The van der Waals surface area contributed by atoms with E-state index in [-0.39, 0.29) is 11.7 Å². The Kier molecular flexibility index (Phi) is 5.03. The van der Waals surface area contributed by atoms with Gasteiger partial charge in [0.15, 0.2) is 5.82 Å². The van der Waals surface area contributed by atoms with Gasteiger partial charge in [-0.15, -0.1) is 0 Å². The highest BCUT2D eigenvalue weighted by Crippen LogP contribution is 2.36. The van der Waals surface area contributed by atoms with E-state index in [9.17, 15) is 8.78 Å². The smallest absolute Gasteiger partial charge is 0.161 e. The van der Waals surface area contributed by atoms with Gasteiger partial charge in [-0.3, -0.25) is 4.57 Å². The monoisotopic (exact) mass is 459 g/mol. The van der Waals surface area contributed by atoms with Crippen molar-refractivity contribution in [3.8, 4) is 28.3 Å². The van der Waals surface area contributed by atoms with Gasteiger partial charge in [-0.25, -0.2) is 13.8 Å². The number of hydrogen-bond acceptors (Lipinski definition) is 3. The highest BCUT2D eigenvalue weighted by molar-refractivity contribution is 5.72. The Hall–Kier alpha value is -3.45. The molecule has 6 rings (SSSR count). The van der Waals surface area contributed by atoms with Crippen LogP contribution in [0.25, 0.3) is 28.3 Å². The summed E-state index contributed by atoms with van der Waals surface area (Å²) in [7, 11) is 3.99. The number of fused-ring (bicyclic) bond motifs is 5. The van der Waals surface area contributed by atoms with Crippen molar-refractivity contribution >= 4 is 5.69 Å². The van der Waals surface area contributed by atoms with E-state index < -0.39 is 6.17 Å². The van der Waals surface area contributed by atoms with Crippen LogP contribution in [-0.2, 0) is 6.54 Å². The molecule has 0 bridgehead atoms. The molecule has 7 heteroatoms. The molecule has 2 aromatic carbocycles. The Labute approximate surface area is 197 Å². The van der Waals surface area contributed by atoms with Crippen molar-refractivity contribution < 1.29 is 8.78 Å². The fourth-order valence-corrected chi connectivity index (χ4v) is 5.31. The molecule has 2 aliphatic heterocycles. The molecule has 1 unspecified atom stereocenters. The van der Waals surface area contributed by atoms with Crippen LogP contribution < -0.4 is 4.90 Å². The zero-order valence-electron chi connectivity index (χ0n) is 19.3. The van der Waals surface area contributed by atoms with Crippen molar-refractivity contribution in [2.24, 2.45) is 5.92 Å². The number of alkyl halides is 1. The summed E-state index contributed by atoms with van der Waals surface area (Å²) in [5, 5.41) is 0. The van der Waals surface area contributed by atoms with E-state index in [1.54, 1.807) is 12.1 Å². The lowest BCUT2D eigenvalue weighted by atomic mass is 10.1. The number of anilines is 1. The second-order valence-corrected chi connectivity index (χ2v) is 9.63. The summed E-state index contributed by atoms with van der Waals surface area (Å²) >= 11 is 0. The molecule has 0 saturated carbocycles. The van der Waals surface area contributed by atoms with Crippen LogP contribution in [0.4, 0.5) is 14.5 Å². The molecule has 0 N–H and O–H groups in total. The normalized spacial score (nSPS) is 19.1. The summed E-state index contributed by atoms with van der Waals surface area (Å²) in [6, 6.07) is 15.1. The topological polar surface area (TPSA) is 29.2 Å². The predicted octanol–water partition coefficient (Wildman–Crippen LogP) is 4.84. The van der Waals surface area contributed by atoms with Crippen LogP contribution >= 0.6 is 0 Å². The van der Waals surface area contributed by atoms with Gasteiger partial charge in [0.05, 0.1) is 11.4 Å². The molecule has 1 fully saturated rings. The Morgan fingerprint density at radius 1 is 1.03 bits per heavy atom. The lowest BCUT2D eigenvalue weighted by Gasteiger charge is -2.21. The number of aromatic nitrogens is 3. The fourth-order valence-electron chi connectivity index (χ4n) is 5.31. The molecule has 2 aromatic heterocycles. The number of halogens is 2. The minimum Gasteiger partial charge on any atom is -0.368 e. The average Bonchev–Trinajstić information content (AvgIpc) is 3.52. The van der Waals surface area contributed by atoms with E-state index in [0.29, 0.717) is 13.1 Å². The number of benzene rings is 2. The fraction of sp³-hybridized carbons (Fsp3) is 0.296. The molecule has 0 amide bonds. The second kappa shape index (κ2) is 8.09. The van der Waals surface area contributed by atoms with Crippen LogP contribution in [0.1, 0.15) is 5.56 Å². The van der Waals surface area contributed by atoms with E-state index in [4.69, 9.17) is 0 Å². The molecule has 34 heavy (non-hydrogen) atoms. The predicted molar refractivity (Wildman–Crippen MR) is 131 cm³/mol. The highest BCUT2D eigenvalue weighted by atomic mass is 19.1. The molecule has 2 aliphatic rings. The van der Waals surface area contributed by atoms with Crippen LogP contribution in [0.3, 0.4) is 0 Å². The third-order valence-electron chi connectivity index (χ3n) is 6.93. The molecule has 0 radical (unpaired) electrons. The van der Waals surface area contributed by atoms with Crippen LogP contribution in [0.5, 0.6) is 0 Å². The van der Waals surface area contributed by atoms with Crippen LogP contribution in [0.2, 0.25) is 0 Å². The van der Waals surface area contributed by atoms with Gasteiger partial charge in [-0.1, -0.05) is 12.1 Å². The molecule has 1 saturated heterocycles. The van der Waals surface area contributed by atoms with E-state index >= 15 is 0 Å². The van der Waals surface area contributed by atoms with E-state index in [0.717, 1.165) is 52.7 Å². The van der Waals surface area contributed by atoms with Gasteiger partial charge in [-0.2, -0.15) is 0 Å². The first kappa shape index (κ1) is 21.1. The van der Waals surface area contributed by atoms with Crippen molar-refractivity contribution in [2.75, 3.05) is 38.6 Å². The van der Waals surface area contributed by atoms with Gasteiger partial charge >= 0.3 is 0 Å². The third kappa shape index (κ3) is 3.60. The highest BCUT2D eigenvalue weighted by Gasteiger charge is 2.33. The quantitative estimate of drug-likeness (QED) is 0.385. The Morgan fingerprint density at radius 2 is 1.85 bits per heavy atom. The lowest BCUT2D eigenvalue weighted by Crippen LogP contribution is -2.28. The number of hydrogen-bond donors (Lipinski definition) is 0. The molecular weight excluding hydrogens is 432 g/mol. The lowest BCUT2D eigenvalue weighted by molar-refractivity contribution is 0.231. The average molecular weight is 460 g/mol. The molecule has 5 nitrogen and oxygen atoms in total. The zero-order chi connectivity index (χ0) is 23.4. The molecule has 2 atom stereocenters. The first-order valence-corrected chi connectivity index (χ1v) is 11.6. The van der Waals surface area contributed by atoms with Gasteiger partial charge in [0.2, 0.25) is 0 Å². The molecule has 0 spiro atoms. The molecule has 174 valence electrons. The minimum absolute atomic E-state index is 0.0170. The summed E-state index contributed by atoms with van der Waals surface area (Å²) in [6.45, 7) is 2.58. The van der Waals surface area contributed by atoms with Gasteiger partial charge in [0.25, 0.3) is 0 Å². The van der Waals surface area contributed by atoms with E-state index in [1.807, 2.05) is 26.5 Å². The molecule has 4 heterocycles. The van der Waals surface area contributed by atoms with Crippen molar-refractivity contribution in [1.82, 2.24) is 19.0 Å². The standard InChI is InChI=1S/C27H27F2N5/c1-31(2)13-21-16-32(17-24(21)29)23-7-8-25-20(11-23)15-33-14-19(18-3-5-22(28)6-4-18)12-26(33)27-30-9-10-34(25)27/h3-12,14,21,24H,13,15-17H2,1-2H3/t21?,24-/m1/s1. The summed E-state index contributed by atoms with van der Waals surface area (Å²) in [4.78, 5) is 8.87. The maximum Gasteiger partial charge on any atom is 0.161 e. The summed E-state index contributed by atoms with van der Waals surface area (Å²) in [5.41, 5.74) is 6.30. The van der Waals surface area contributed by atoms with Gasteiger partial charge < -0.3 is 14.4 Å². The third-order valence-corrected chi connectivity index (χ3v) is 6.93. The molecule has 0 aliphatic carbocycles. The summed E-state index contributed by atoms with van der Waals surface area (Å²) in [6.07, 6.45) is 5.07. The van der Waals surface area contributed by atoms with Crippen molar-refractivity contribution in [2.45, 2.75) is 12.7 Å². The Morgan fingerprint density at radius 3 is 2.65 bits per heavy atom. The van der Waals surface area contributed by atoms with Crippen LogP contribution in [-0.4, -0.2) is 58.9 Å². The van der Waals surface area contributed by atoms with Crippen LogP contribution in [0, 0.1) is 11.7 Å². The van der Waals surface area contributed by atoms with Gasteiger partial charge in [0, 0.05) is 61.9 Å². The second-order valence-electron chi connectivity index (χ2n) is 9.63. The zero-order valence-corrected chi connectivity index (χ0v) is 19.3. The molecular formula is C27H27F2N5. The van der Waals surface area contributed by atoms with Crippen molar-refractivity contribution in [3.05, 3.63) is 78.5 Å². The summed E-state index contributed by atoms with van der Waals surface area (Å²) in [5.74, 6) is 0.644. The first-order valence-electron chi connectivity index (χ1n) is 11.6. The SMILES string of the molecule is CN(C)CC1CN(c2ccc3c(c2)Cn2cc(-c4ccc(F)cc4)cc2-c2nccn2-3)C[C@H]1F. The van der Waals surface area contributed by atoms with E-state index in [1.165, 1.54) is 12.1 Å². The maximum absolute atomic E-state index is 14.7. The maximum atomic E-state index is 14.7. The Balaban J connectivity index is 1.37. The Bertz CT molecular complexity index is 1340. The van der Waals surface area contributed by atoms with Crippen molar-refractivity contribution in [3.63, 3.8) is 0 Å². The van der Waals surface area contributed by atoms with Gasteiger partial charge in [-0.05, 0) is 61.6 Å². The van der Waals surface area contributed by atoms with E-state index in [2.05, 4.69) is 54.4 Å². The van der Waals surface area contributed by atoms with Crippen molar-refractivity contribution in [1.29, 1.82) is 0 Å². The number of imidazole rings is 1.